The molecule has 16 heavy (non-hydrogen) atoms. The lowest BCUT2D eigenvalue weighted by atomic mass is 10.2. The molecule has 1 aromatic carbocycles. The molecule has 2 aromatic heterocycles. The Morgan fingerprint density at radius 1 is 1.12 bits per heavy atom. The number of aromatic nitrogens is 3. The van der Waals surface area contributed by atoms with Crippen LogP contribution in [0.4, 0.5) is 0 Å². The SMILES string of the molecule is c1ccc2c(Sc3nncs3)ccnc2c1. The average molecular weight is 245 g/mol. The van der Waals surface area contributed by atoms with Gasteiger partial charge < -0.3 is 0 Å². The summed E-state index contributed by atoms with van der Waals surface area (Å²) in [5.41, 5.74) is 2.75. The number of benzene rings is 1. The topological polar surface area (TPSA) is 38.7 Å². The summed E-state index contributed by atoms with van der Waals surface area (Å²) in [6.45, 7) is 0. The Hall–Kier alpha value is -1.46. The van der Waals surface area contributed by atoms with Gasteiger partial charge in [0.25, 0.3) is 0 Å². The van der Waals surface area contributed by atoms with Crippen LogP contribution in [0.15, 0.2) is 51.3 Å². The Labute approximate surface area is 101 Å². The smallest absolute Gasteiger partial charge is 0.178 e. The first-order valence-corrected chi connectivity index (χ1v) is 6.41. The molecule has 0 N–H and O–H groups in total. The Morgan fingerprint density at radius 3 is 2.94 bits per heavy atom. The molecule has 3 rings (SSSR count). The number of pyridine rings is 1. The summed E-state index contributed by atoms with van der Waals surface area (Å²) in [4.78, 5) is 5.49. The van der Waals surface area contributed by atoms with Gasteiger partial charge in [-0.05, 0) is 12.1 Å². The maximum absolute atomic E-state index is 4.33. The summed E-state index contributed by atoms with van der Waals surface area (Å²) in [6, 6.07) is 10.1. The zero-order valence-electron chi connectivity index (χ0n) is 8.20. The van der Waals surface area contributed by atoms with Crippen LogP contribution in [0.1, 0.15) is 0 Å². The lowest BCUT2D eigenvalue weighted by Crippen LogP contribution is -1.81. The van der Waals surface area contributed by atoms with Gasteiger partial charge in [0.2, 0.25) is 0 Å². The Morgan fingerprint density at radius 2 is 2.06 bits per heavy atom. The maximum Gasteiger partial charge on any atom is 0.178 e. The molecule has 3 aromatic rings. The molecule has 0 amide bonds. The van der Waals surface area contributed by atoms with Crippen molar-refractivity contribution in [1.29, 1.82) is 0 Å². The third kappa shape index (κ3) is 1.79. The largest absolute Gasteiger partial charge is 0.256 e. The number of hydrogen-bond acceptors (Lipinski definition) is 5. The Balaban J connectivity index is 2.10. The molecule has 0 aliphatic heterocycles. The molecule has 0 saturated carbocycles. The van der Waals surface area contributed by atoms with Crippen LogP contribution in [0.25, 0.3) is 10.9 Å². The van der Waals surface area contributed by atoms with Crippen molar-refractivity contribution in [3.05, 3.63) is 42.0 Å². The highest BCUT2D eigenvalue weighted by atomic mass is 32.2. The van der Waals surface area contributed by atoms with Gasteiger partial charge in [-0.3, -0.25) is 4.98 Å². The van der Waals surface area contributed by atoms with Gasteiger partial charge in [0, 0.05) is 16.5 Å². The molecule has 0 fully saturated rings. The van der Waals surface area contributed by atoms with Crippen molar-refractivity contribution in [3.63, 3.8) is 0 Å². The molecule has 5 heteroatoms. The van der Waals surface area contributed by atoms with Crippen molar-refractivity contribution in [1.82, 2.24) is 15.2 Å². The highest BCUT2D eigenvalue weighted by Crippen LogP contribution is 2.32. The summed E-state index contributed by atoms with van der Waals surface area (Å²) >= 11 is 3.18. The molecule has 0 unspecified atom stereocenters. The van der Waals surface area contributed by atoms with Gasteiger partial charge in [-0.25, -0.2) is 0 Å². The van der Waals surface area contributed by atoms with Crippen molar-refractivity contribution in [2.45, 2.75) is 9.24 Å². The number of hydrogen-bond donors (Lipinski definition) is 0. The number of nitrogens with zero attached hydrogens (tertiary/aromatic N) is 3. The lowest BCUT2D eigenvalue weighted by molar-refractivity contribution is 1.01. The molecule has 0 aliphatic carbocycles. The highest BCUT2D eigenvalue weighted by Gasteiger charge is 2.05. The van der Waals surface area contributed by atoms with E-state index in [1.807, 2.05) is 30.5 Å². The van der Waals surface area contributed by atoms with Crippen LogP contribution in [-0.2, 0) is 0 Å². The second-order valence-corrected chi connectivity index (χ2v) is 5.26. The molecular formula is C11H7N3S2. The molecule has 0 bridgehead atoms. The van der Waals surface area contributed by atoms with E-state index < -0.39 is 0 Å². The minimum absolute atomic E-state index is 0.955. The summed E-state index contributed by atoms with van der Waals surface area (Å²) in [7, 11) is 0. The average Bonchev–Trinajstić information content (AvgIpc) is 2.82. The van der Waals surface area contributed by atoms with Crippen LogP contribution in [0.5, 0.6) is 0 Å². The van der Waals surface area contributed by atoms with Gasteiger partial charge in [0.05, 0.1) is 5.52 Å². The van der Waals surface area contributed by atoms with Crippen molar-refractivity contribution in [2.75, 3.05) is 0 Å². The third-order valence-electron chi connectivity index (χ3n) is 2.15. The van der Waals surface area contributed by atoms with Crippen LogP contribution in [0, 0.1) is 0 Å². The predicted molar refractivity (Wildman–Crippen MR) is 65.8 cm³/mol. The van der Waals surface area contributed by atoms with E-state index in [1.54, 1.807) is 28.6 Å². The first-order valence-electron chi connectivity index (χ1n) is 4.71. The minimum atomic E-state index is 0.955. The standard InChI is InChI=1S/C11H7N3S2/c1-2-4-9-8(3-1)10(5-6-12-9)16-11-14-13-7-15-11/h1-7H. The summed E-state index contributed by atoms with van der Waals surface area (Å²) in [5.74, 6) is 0. The quantitative estimate of drug-likeness (QED) is 0.694. The number of para-hydroxylation sites is 1. The van der Waals surface area contributed by atoms with Gasteiger partial charge in [0.1, 0.15) is 5.51 Å². The van der Waals surface area contributed by atoms with E-state index in [2.05, 4.69) is 21.2 Å². The van der Waals surface area contributed by atoms with Gasteiger partial charge in [-0.2, -0.15) is 0 Å². The van der Waals surface area contributed by atoms with Crippen LogP contribution < -0.4 is 0 Å². The lowest BCUT2D eigenvalue weighted by Gasteiger charge is -2.02. The fraction of sp³-hybridized carbons (Fsp3) is 0. The van der Waals surface area contributed by atoms with Crippen LogP contribution >= 0.6 is 23.1 Å². The van der Waals surface area contributed by atoms with Crippen molar-refractivity contribution >= 4 is 34.0 Å². The molecule has 78 valence electrons. The summed E-state index contributed by atoms with van der Waals surface area (Å²) in [5, 5.41) is 9.02. The van der Waals surface area contributed by atoms with Crippen molar-refractivity contribution < 1.29 is 0 Å². The number of rotatable bonds is 2. The molecule has 0 saturated heterocycles. The third-order valence-corrected chi connectivity index (χ3v) is 4.00. The normalized spacial score (nSPS) is 10.8. The Kier molecular flexibility index (Phi) is 2.55. The van der Waals surface area contributed by atoms with Gasteiger partial charge in [-0.15, -0.1) is 10.2 Å². The van der Waals surface area contributed by atoms with E-state index in [0.29, 0.717) is 0 Å². The first kappa shape index (κ1) is 9.74. The molecule has 0 atom stereocenters. The van der Waals surface area contributed by atoms with Gasteiger partial charge in [-0.1, -0.05) is 41.3 Å². The summed E-state index contributed by atoms with van der Waals surface area (Å²) < 4.78 is 0.955. The summed E-state index contributed by atoms with van der Waals surface area (Å²) in [6.07, 6.45) is 1.83. The fourth-order valence-electron chi connectivity index (χ4n) is 1.46. The molecule has 0 aliphatic rings. The molecular weight excluding hydrogens is 238 g/mol. The molecule has 0 radical (unpaired) electrons. The first-order chi connectivity index (χ1) is 7.93. The maximum atomic E-state index is 4.33. The second kappa shape index (κ2) is 4.19. The highest BCUT2D eigenvalue weighted by molar-refractivity contribution is 8.01. The van der Waals surface area contributed by atoms with E-state index in [4.69, 9.17) is 0 Å². The zero-order chi connectivity index (χ0) is 10.8. The van der Waals surface area contributed by atoms with Crippen LogP contribution in [0.2, 0.25) is 0 Å². The minimum Gasteiger partial charge on any atom is -0.256 e. The fourth-order valence-corrected chi connectivity index (χ4v) is 3.02. The predicted octanol–water partition coefficient (Wildman–Crippen LogP) is 3.24. The van der Waals surface area contributed by atoms with E-state index in [9.17, 15) is 0 Å². The Bertz CT molecular complexity index is 602. The van der Waals surface area contributed by atoms with Crippen molar-refractivity contribution in [2.24, 2.45) is 0 Å². The van der Waals surface area contributed by atoms with Crippen LogP contribution in [0.3, 0.4) is 0 Å². The monoisotopic (exact) mass is 245 g/mol. The number of fused-ring (bicyclic) bond motifs is 1. The van der Waals surface area contributed by atoms with E-state index in [0.717, 1.165) is 15.2 Å². The van der Waals surface area contributed by atoms with E-state index in [-0.39, 0.29) is 0 Å². The second-order valence-electron chi connectivity index (χ2n) is 3.13. The molecule has 3 nitrogen and oxygen atoms in total. The van der Waals surface area contributed by atoms with Gasteiger partial charge >= 0.3 is 0 Å². The molecule has 0 spiro atoms. The zero-order valence-corrected chi connectivity index (χ0v) is 9.83. The molecule has 2 heterocycles. The van der Waals surface area contributed by atoms with Crippen molar-refractivity contribution in [3.8, 4) is 0 Å². The van der Waals surface area contributed by atoms with Gasteiger partial charge in [0.15, 0.2) is 4.34 Å². The van der Waals surface area contributed by atoms with Crippen LogP contribution in [-0.4, -0.2) is 15.2 Å². The van der Waals surface area contributed by atoms with E-state index >= 15 is 0 Å². The van der Waals surface area contributed by atoms with E-state index in [1.165, 1.54) is 4.90 Å².